The molecule has 0 fully saturated rings. The van der Waals surface area contributed by atoms with Crippen LogP contribution in [0.2, 0.25) is 0 Å². The molecule has 0 rings (SSSR count). The van der Waals surface area contributed by atoms with Gasteiger partial charge in [-0.3, -0.25) is 0 Å². The predicted octanol–water partition coefficient (Wildman–Crippen LogP) is 4.41. The summed E-state index contributed by atoms with van der Waals surface area (Å²) in [7, 11) is 2.33. The van der Waals surface area contributed by atoms with Crippen molar-refractivity contribution in [2.75, 3.05) is 13.6 Å². The molecule has 0 aromatic carbocycles. The number of halogens is 6. The van der Waals surface area contributed by atoms with Gasteiger partial charge in [-0.15, -0.1) is 0 Å². The van der Waals surface area contributed by atoms with Crippen molar-refractivity contribution in [3.8, 4) is 0 Å². The molecule has 17 heavy (non-hydrogen) atoms. The van der Waals surface area contributed by atoms with Crippen LogP contribution in [-0.4, -0.2) is 49.6 Å². The van der Waals surface area contributed by atoms with Crippen LogP contribution >= 0.6 is 0 Å². The molecule has 0 radical (unpaired) electrons. The average molecular weight is 380 g/mol. The Hall–Kier alpha value is 0.358. The molecule has 1 nitrogen and oxygen atoms in total. The van der Waals surface area contributed by atoms with Gasteiger partial charge in [0.2, 0.25) is 0 Å². The van der Waals surface area contributed by atoms with Gasteiger partial charge in [0.1, 0.15) is 0 Å². The second kappa shape index (κ2) is 4.80. The Labute approximate surface area is 101 Å². The first-order valence-corrected chi connectivity index (χ1v) is 11.1. The topological polar surface area (TPSA) is 0 Å². The van der Waals surface area contributed by atoms with Crippen LogP contribution < -0.4 is 0 Å². The summed E-state index contributed by atoms with van der Waals surface area (Å²) < 4.78 is 60.7. The van der Waals surface area contributed by atoms with Gasteiger partial charge >= 0.3 is 36.4 Å². The third kappa shape index (κ3) is 14.3. The fraction of sp³-hybridized carbons (Fsp3) is 1.00. The van der Waals surface area contributed by atoms with Crippen molar-refractivity contribution in [1.29, 1.82) is 0 Å². The first-order valence-electron chi connectivity index (χ1n) is 5.31. The van der Waals surface area contributed by atoms with Gasteiger partial charge in [-0.2, -0.15) is 0 Å². The fourth-order valence-electron chi connectivity index (χ4n) is 1.33. The first kappa shape index (κ1) is 19.7. The Morgan fingerprint density at radius 2 is 1.00 bits per heavy atom. The summed E-state index contributed by atoms with van der Waals surface area (Å²) >= 11 is -11.2. The molecule has 0 aromatic heterocycles. The Morgan fingerprint density at radius 1 is 0.824 bits per heavy atom. The summed E-state index contributed by atoms with van der Waals surface area (Å²) in [6, 6.07) is 1.48. The van der Waals surface area contributed by atoms with Crippen LogP contribution in [0, 0.1) is 0 Å². The van der Waals surface area contributed by atoms with E-state index >= 15 is 0 Å². The third-order valence-electron chi connectivity index (χ3n) is 3.04. The monoisotopic (exact) mass is 379 g/mol. The van der Waals surface area contributed by atoms with Crippen LogP contribution in [0.5, 0.6) is 0 Å². The maximum atomic E-state index is 9.93. The summed E-state index contributed by atoms with van der Waals surface area (Å²) in [4.78, 5) is 0. The molecule has 0 spiro atoms. The molecule has 110 valence electrons. The Balaban J connectivity index is 0. The van der Waals surface area contributed by atoms with E-state index in [1.165, 1.54) is 11.0 Å². The molecule has 8 heteroatoms. The van der Waals surface area contributed by atoms with Crippen molar-refractivity contribution in [3.63, 3.8) is 0 Å². The van der Waals surface area contributed by atoms with Gasteiger partial charge in [-0.1, -0.05) is 0 Å². The van der Waals surface area contributed by atoms with Gasteiger partial charge in [0.25, 0.3) is 0 Å². The van der Waals surface area contributed by atoms with Crippen molar-refractivity contribution in [1.82, 2.24) is 0 Å². The molecular formula is C9H22F6NSb. The second-order valence-corrected chi connectivity index (χ2v) is 10.3. The van der Waals surface area contributed by atoms with Crippen molar-refractivity contribution in [2.45, 2.75) is 46.7 Å². The molecule has 0 atom stereocenters. The zero-order valence-electron chi connectivity index (χ0n) is 11.0. The summed E-state index contributed by atoms with van der Waals surface area (Å²) in [6.45, 7) is 12.7. The van der Waals surface area contributed by atoms with E-state index in [2.05, 4.69) is 41.7 Å². The van der Waals surface area contributed by atoms with Crippen LogP contribution in [-0.2, 0) is 0 Å². The van der Waals surface area contributed by atoms with Crippen LogP contribution in [0.3, 0.4) is 0 Å². The molecule has 0 unspecified atom stereocenters. The van der Waals surface area contributed by atoms with Crippen LogP contribution in [0.15, 0.2) is 0 Å². The normalized spacial score (nSPS) is 17.3. The van der Waals surface area contributed by atoms with Gasteiger partial charge < -0.3 is 4.48 Å². The average Bonchev–Trinajstić information content (AvgIpc) is 1.95. The molecule has 0 saturated heterocycles. The van der Waals surface area contributed by atoms with E-state index in [9.17, 15) is 16.9 Å². The van der Waals surface area contributed by atoms with Crippen molar-refractivity contribution in [2.24, 2.45) is 0 Å². The standard InChI is InChI=1S/C9H22N.6FH.Sb/c1-7-10(6,8(2)3)9(4)5;;;;;;;/h8-9H,7H2,1-6H3;6*1H;/q+1;;;;;;;+5/p-6. The number of hydrogen-bond acceptors (Lipinski definition) is 0. The van der Waals surface area contributed by atoms with Gasteiger partial charge in [-0.25, -0.2) is 0 Å². The summed E-state index contributed by atoms with van der Waals surface area (Å²) in [6.07, 6.45) is 0. The summed E-state index contributed by atoms with van der Waals surface area (Å²) in [5.74, 6) is 0. The van der Waals surface area contributed by atoms with Crippen molar-refractivity contribution < 1.29 is 21.4 Å². The number of hydrogen-bond donors (Lipinski definition) is 0. The minimum atomic E-state index is -11.2. The van der Waals surface area contributed by atoms with Crippen LogP contribution in [0.1, 0.15) is 34.6 Å². The van der Waals surface area contributed by atoms with Crippen molar-refractivity contribution >= 4 is 19.5 Å². The Kier molecular flexibility index (Phi) is 5.56. The van der Waals surface area contributed by atoms with Gasteiger partial charge in [0.05, 0.1) is 25.7 Å². The third-order valence-corrected chi connectivity index (χ3v) is 3.04. The van der Waals surface area contributed by atoms with Gasteiger partial charge in [0.15, 0.2) is 0 Å². The molecule has 0 aliphatic heterocycles. The summed E-state index contributed by atoms with van der Waals surface area (Å²) in [5.41, 5.74) is 0. The van der Waals surface area contributed by atoms with E-state index < -0.39 is 19.5 Å². The zero-order chi connectivity index (χ0) is 14.8. The number of nitrogens with zero attached hydrogens (tertiary/aromatic N) is 1. The van der Waals surface area contributed by atoms with Crippen LogP contribution in [0.4, 0.5) is 16.9 Å². The fourth-order valence-corrected chi connectivity index (χ4v) is 1.33. The molecule has 0 aliphatic carbocycles. The van der Waals surface area contributed by atoms with E-state index in [1.54, 1.807) is 0 Å². The Morgan fingerprint density at radius 3 is 1.00 bits per heavy atom. The zero-order valence-corrected chi connectivity index (χ0v) is 13.6. The molecule has 0 aromatic rings. The van der Waals surface area contributed by atoms with Crippen LogP contribution in [0.25, 0.3) is 0 Å². The summed E-state index contributed by atoms with van der Waals surface area (Å²) in [5, 5.41) is 0. The van der Waals surface area contributed by atoms with E-state index in [0.29, 0.717) is 0 Å². The molecule has 0 N–H and O–H groups in total. The molecule has 0 aliphatic rings. The molecule has 0 bridgehead atoms. The van der Waals surface area contributed by atoms with Gasteiger partial charge in [0, 0.05) is 0 Å². The second-order valence-electron chi connectivity index (χ2n) is 4.81. The molecular weight excluding hydrogens is 358 g/mol. The molecule has 0 saturated carbocycles. The quantitative estimate of drug-likeness (QED) is 0.387. The molecule has 0 heterocycles. The first-order chi connectivity index (χ1) is 6.90. The maximum absolute atomic E-state index is 11.2. The van der Waals surface area contributed by atoms with E-state index in [1.807, 2.05) is 0 Å². The number of quaternary nitrogens is 1. The van der Waals surface area contributed by atoms with Gasteiger partial charge in [-0.05, 0) is 34.6 Å². The van der Waals surface area contributed by atoms with E-state index in [4.69, 9.17) is 0 Å². The Bertz CT molecular complexity index is 222. The molecule has 0 amide bonds. The predicted molar refractivity (Wildman–Crippen MR) is 59.4 cm³/mol. The SMILES string of the molecule is CC[N+](C)(C(C)C)C(C)C.[F][Sb-]([F])([F])([F])([F])[F]. The van der Waals surface area contributed by atoms with E-state index in [-0.39, 0.29) is 0 Å². The van der Waals surface area contributed by atoms with E-state index in [0.717, 1.165) is 12.1 Å². The minimum absolute atomic E-state index is 0.741. The van der Waals surface area contributed by atoms with Crippen molar-refractivity contribution in [3.05, 3.63) is 0 Å². The number of rotatable bonds is 3.